The van der Waals surface area contributed by atoms with Gasteiger partial charge in [-0.1, -0.05) is 23.2 Å². The van der Waals surface area contributed by atoms with Crippen molar-refractivity contribution in [2.24, 2.45) is 0 Å². The van der Waals surface area contributed by atoms with Gasteiger partial charge < -0.3 is 14.2 Å². The van der Waals surface area contributed by atoms with Crippen molar-refractivity contribution in [2.75, 3.05) is 20.8 Å². The van der Waals surface area contributed by atoms with Crippen LogP contribution in [0.4, 0.5) is 0 Å². The average Bonchev–Trinajstić information content (AvgIpc) is 2.65. The molecule has 2 aromatic heterocycles. The Morgan fingerprint density at radius 3 is 2.50 bits per heavy atom. The number of ether oxygens (including phenoxy) is 3. The van der Waals surface area contributed by atoms with Crippen LogP contribution in [0.15, 0.2) is 24.7 Å². The normalized spacial score (nSPS) is 10.8. The number of aromatic nitrogens is 2. The van der Waals surface area contributed by atoms with Crippen LogP contribution in [0.5, 0.6) is 11.5 Å². The van der Waals surface area contributed by atoms with Crippen LogP contribution in [0.25, 0.3) is 11.6 Å². The minimum absolute atomic E-state index is 0.186. The van der Waals surface area contributed by atoms with Crippen molar-refractivity contribution in [3.63, 3.8) is 0 Å². The summed E-state index contributed by atoms with van der Waals surface area (Å²) in [6.45, 7) is -0.316. The summed E-state index contributed by atoms with van der Waals surface area (Å²) in [5.74, 6) is -0.0253. The van der Waals surface area contributed by atoms with Gasteiger partial charge in [-0.15, -0.1) is 0 Å². The zero-order chi connectivity index (χ0) is 19.1. The van der Waals surface area contributed by atoms with E-state index in [-0.39, 0.29) is 23.6 Å². The van der Waals surface area contributed by atoms with E-state index in [9.17, 15) is 10.1 Å². The van der Waals surface area contributed by atoms with Crippen LogP contribution < -0.4 is 9.47 Å². The Morgan fingerprint density at radius 1 is 1.23 bits per heavy atom. The van der Waals surface area contributed by atoms with E-state index >= 15 is 0 Å². The number of carbonyl (C=O) groups excluding carboxylic acids is 1. The molecular formula is C17H13Cl2N3O4. The first kappa shape index (κ1) is 19.5. The van der Waals surface area contributed by atoms with E-state index in [1.807, 2.05) is 6.07 Å². The van der Waals surface area contributed by atoms with Gasteiger partial charge in [0.05, 0.1) is 41.7 Å². The fraction of sp³-hybridized carbons (Fsp3) is 0.176. The van der Waals surface area contributed by atoms with Gasteiger partial charge in [-0.25, -0.2) is 4.79 Å². The van der Waals surface area contributed by atoms with Crippen LogP contribution in [0, 0.1) is 11.3 Å². The average molecular weight is 394 g/mol. The molecule has 0 unspecified atom stereocenters. The van der Waals surface area contributed by atoms with Gasteiger partial charge in [-0.05, 0) is 6.08 Å². The Kier molecular flexibility index (Phi) is 6.78. The lowest BCUT2D eigenvalue weighted by molar-refractivity contribution is -0.142. The number of allylic oxidation sites excluding steroid dienone is 1. The van der Waals surface area contributed by atoms with E-state index < -0.39 is 5.97 Å². The number of hydrogen-bond acceptors (Lipinski definition) is 7. The zero-order valence-electron chi connectivity index (χ0n) is 13.8. The molecule has 2 aromatic rings. The van der Waals surface area contributed by atoms with E-state index in [1.54, 1.807) is 0 Å². The van der Waals surface area contributed by atoms with Crippen molar-refractivity contribution >= 4 is 40.8 Å². The number of nitrogens with zero attached hydrogens (tertiary/aromatic N) is 3. The van der Waals surface area contributed by atoms with Gasteiger partial charge in [0.25, 0.3) is 0 Å². The highest BCUT2D eigenvalue weighted by Crippen LogP contribution is 2.31. The van der Waals surface area contributed by atoms with E-state index in [0.717, 1.165) is 0 Å². The van der Waals surface area contributed by atoms with E-state index in [0.29, 0.717) is 21.4 Å². The number of hydrogen-bond donors (Lipinski definition) is 0. The molecule has 7 nitrogen and oxygen atoms in total. The van der Waals surface area contributed by atoms with E-state index in [1.165, 1.54) is 45.0 Å². The first-order valence-electron chi connectivity index (χ1n) is 7.15. The second-order valence-electron chi connectivity index (χ2n) is 4.77. The second-order valence-corrected chi connectivity index (χ2v) is 5.59. The highest BCUT2D eigenvalue weighted by atomic mass is 35.5. The van der Waals surface area contributed by atoms with Crippen molar-refractivity contribution < 1.29 is 19.0 Å². The highest BCUT2D eigenvalue weighted by molar-refractivity contribution is 6.37. The lowest BCUT2D eigenvalue weighted by atomic mass is 10.1. The maximum absolute atomic E-state index is 11.3. The Balaban J connectivity index is 2.43. The highest BCUT2D eigenvalue weighted by Gasteiger charge is 2.14. The Bertz CT molecular complexity index is 874. The number of halogens is 2. The lowest BCUT2D eigenvalue weighted by Gasteiger charge is -2.11. The molecule has 26 heavy (non-hydrogen) atoms. The van der Waals surface area contributed by atoms with Crippen LogP contribution in [-0.2, 0) is 9.53 Å². The summed E-state index contributed by atoms with van der Waals surface area (Å²) >= 11 is 12.2. The molecule has 0 aliphatic heterocycles. The van der Waals surface area contributed by atoms with Crippen LogP contribution >= 0.6 is 23.2 Å². The molecule has 0 atom stereocenters. The molecule has 0 spiro atoms. The zero-order valence-corrected chi connectivity index (χ0v) is 15.3. The predicted molar refractivity (Wildman–Crippen MR) is 96.0 cm³/mol. The third kappa shape index (κ3) is 4.63. The van der Waals surface area contributed by atoms with Crippen molar-refractivity contribution in [3.8, 4) is 17.6 Å². The molecule has 2 rings (SSSR count). The summed E-state index contributed by atoms with van der Waals surface area (Å²) in [7, 11) is 2.68. The molecule has 0 saturated heterocycles. The molecule has 0 N–H and O–H groups in total. The third-order valence-corrected chi connectivity index (χ3v) is 3.80. The van der Waals surface area contributed by atoms with Crippen molar-refractivity contribution in [3.05, 3.63) is 46.0 Å². The predicted octanol–water partition coefficient (Wildman–Crippen LogP) is 3.41. The summed E-state index contributed by atoms with van der Waals surface area (Å²) in [6.07, 6.45) is 5.70. The third-order valence-electron chi connectivity index (χ3n) is 3.20. The molecular weight excluding hydrogens is 381 g/mol. The number of pyridine rings is 2. The first-order chi connectivity index (χ1) is 12.5. The summed E-state index contributed by atoms with van der Waals surface area (Å²) in [5, 5.41) is 10.1. The number of carbonyl (C=O) groups is 1. The quantitative estimate of drug-likeness (QED) is 0.547. The second kappa shape index (κ2) is 9.04. The van der Waals surface area contributed by atoms with Gasteiger partial charge in [0.2, 0.25) is 0 Å². The number of nitriles is 1. The fourth-order valence-corrected chi connectivity index (χ4v) is 2.37. The van der Waals surface area contributed by atoms with Crippen LogP contribution in [-0.4, -0.2) is 36.8 Å². The summed E-state index contributed by atoms with van der Waals surface area (Å²) in [4.78, 5) is 19.3. The Labute approximate surface area is 159 Å². The minimum Gasteiger partial charge on any atom is -0.491 e. The SMILES string of the molecule is COC(=O)COc1cc(C(C#N)=Cc2c(Cl)cncc2Cl)ncc1OC. The molecule has 0 aliphatic rings. The number of esters is 1. The summed E-state index contributed by atoms with van der Waals surface area (Å²) in [5.41, 5.74) is 0.914. The molecule has 2 heterocycles. The molecule has 0 saturated carbocycles. The molecule has 0 aliphatic carbocycles. The van der Waals surface area contributed by atoms with Crippen molar-refractivity contribution in [2.45, 2.75) is 0 Å². The molecule has 0 fully saturated rings. The molecule has 9 heteroatoms. The Morgan fingerprint density at radius 2 is 1.92 bits per heavy atom. The van der Waals surface area contributed by atoms with Crippen LogP contribution in [0.2, 0.25) is 10.0 Å². The van der Waals surface area contributed by atoms with Crippen molar-refractivity contribution in [1.29, 1.82) is 5.26 Å². The van der Waals surface area contributed by atoms with Gasteiger partial charge in [-0.2, -0.15) is 5.26 Å². The van der Waals surface area contributed by atoms with E-state index in [2.05, 4.69) is 14.7 Å². The van der Waals surface area contributed by atoms with Crippen LogP contribution in [0.3, 0.4) is 0 Å². The lowest BCUT2D eigenvalue weighted by Crippen LogP contribution is -2.13. The molecule has 0 bridgehead atoms. The fourth-order valence-electron chi connectivity index (χ4n) is 1.90. The maximum atomic E-state index is 11.3. The number of rotatable bonds is 6. The van der Waals surface area contributed by atoms with Gasteiger partial charge in [0, 0.05) is 24.0 Å². The minimum atomic E-state index is -0.559. The maximum Gasteiger partial charge on any atom is 0.343 e. The van der Waals surface area contributed by atoms with Crippen LogP contribution in [0.1, 0.15) is 11.3 Å². The Hall–Kier alpha value is -2.82. The monoisotopic (exact) mass is 393 g/mol. The molecule has 0 aromatic carbocycles. The largest absolute Gasteiger partial charge is 0.491 e. The topological polar surface area (TPSA) is 94.3 Å². The molecule has 0 amide bonds. The van der Waals surface area contributed by atoms with E-state index in [4.69, 9.17) is 32.7 Å². The molecule has 134 valence electrons. The standard InChI is InChI=1S/C17H13Cl2N3O4/c1-24-16-8-22-14(4-15(16)26-9-17(23)25-2)10(5-20)3-11-12(18)6-21-7-13(11)19/h3-4,6-8H,9H2,1-2H3. The summed E-state index contributed by atoms with van der Waals surface area (Å²) in [6, 6.07) is 3.51. The molecule has 0 radical (unpaired) electrons. The number of methoxy groups -OCH3 is 2. The van der Waals surface area contributed by atoms with Gasteiger partial charge in [-0.3, -0.25) is 9.97 Å². The van der Waals surface area contributed by atoms with Gasteiger partial charge in [0.1, 0.15) is 6.07 Å². The van der Waals surface area contributed by atoms with Gasteiger partial charge >= 0.3 is 5.97 Å². The van der Waals surface area contributed by atoms with Crippen molar-refractivity contribution in [1.82, 2.24) is 9.97 Å². The smallest absolute Gasteiger partial charge is 0.343 e. The van der Waals surface area contributed by atoms with Gasteiger partial charge in [0.15, 0.2) is 18.1 Å². The first-order valence-corrected chi connectivity index (χ1v) is 7.90. The summed E-state index contributed by atoms with van der Waals surface area (Å²) < 4.78 is 15.0.